The predicted octanol–water partition coefficient (Wildman–Crippen LogP) is 2.71. The van der Waals surface area contributed by atoms with E-state index in [-0.39, 0.29) is 6.10 Å². The molecular weight excluding hydrogens is 394 g/mol. The van der Waals surface area contributed by atoms with Crippen LogP contribution in [-0.2, 0) is 4.74 Å². The van der Waals surface area contributed by atoms with E-state index in [1.807, 2.05) is 6.07 Å². The van der Waals surface area contributed by atoms with E-state index in [0.717, 1.165) is 80.4 Å². The molecule has 0 unspecified atom stereocenters. The molecule has 1 atom stereocenters. The first-order valence-corrected chi connectivity index (χ1v) is 11.2. The molecule has 3 heterocycles. The van der Waals surface area contributed by atoms with Gasteiger partial charge in [-0.2, -0.15) is 5.26 Å². The second-order valence-electron chi connectivity index (χ2n) is 8.34. The number of nitrogens with zero attached hydrogens (tertiary/aromatic N) is 3. The molecule has 2 saturated heterocycles. The molecule has 7 heteroatoms. The van der Waals surface area contributed by atoms with E-state index >= 15 is 0 Å². The lowest BCUT2D eigenvalue weighted by atomic mass is 10.0. The highest BCUT2D eigenvalue weighted by Gasteiger charge is 2.26. The Hall–Kier alpha value is -2.43. The fourth-order valence-corrected chi connectivity index (χ4v) is 4.74. The summed E-state index contributed by atoms with van der Waals surface area (Å²) in [5.41, 5.74) is 4.18. The van der Waals surface area contributed by atoms with Crippen molar-refractivity contribution in [2.75, 3.05) is 44.2 Å². The topological polar surface area (TPSA) is 65.7 Å². The number of rotatable bonds is 3. The fourth-order valence-electron chi connectivity index (χ4n) is 4.48. The number of hydrogen-bond acceptors (Lipinski definition) is 4. The van der Waals surface area contributed by atoms with Crippen LogP contribution in [0.4, 0.5) is 5.82 Å². The zero-order valence-corrected chi connectivity index (χ0v) is 18.6. The van der Waals surface area contributed by atoms with Gasteiger partial charge in [-0.3, -0.25) is 4.90 Å². The number of pyridine rings is 1. The average Bonchev–Trinajstić information content (AvgIpc) is 3.13. The van der Waals surface area contributed by atoms with Crippen molar-refractivity contribution >= 4 is 34.1 Å². The summed E-state index contributed by atoms with van der Waals surface area (Å²) in [5, 5.41) is 15.1. The lowest BCUT2D eigenvalue weighted by Gasteiger charge is -2.24. The zero-order chi connectivity index (χ0) is 21.1. The second kappa shape index (κ2) is 9.15. The van der Waals surface area contributed by atoms with E-state index in [1.165, 1.54) is 11.1 Å². The predicted molar refractivity (Wildman–Crippen MR) is 123 cm³/mol. The first-order chi connectivity index (χ1) is 14.5. The van der Waals surface area contributed by atoms with Crippen LogP contribution in [0.1, 0.15) is 36.0 Å². The molecule has 0 aliphatic carbocycles. The molecule has 2 N–H and O–H groups in total. The summed E-state index contributed by atoms with van der Waals surface area (Å²) < 4.78 is 5.68. The van der Waals surface area contributed by atoms with Gasteiger partial charge in [0.05, 0.1) is 19.2 Å². The van der Waals surface area contributed by atoms with Gasteiger partial charge in [-0.15, -0.1) is 0 Å². The minimum absolute atomic E-state index is 0.281. The summed E-state index contributed by atoms with van der Waals surface area (Å²) in [6, 6.07) is 8.73. The van der Waals surface area contributed by atoms with Gasteiger partial charge in [0.25, 0.3) is 5.82 Å². The van der Waals surface area contributed by atoms with Crippen LogP contribution in [0.25, 0.3) is 10.9 Å². The lowest BCUT2D eigenvalue weighted by molar-refractivity contribution is -0.330. The number of nitrogens with one attached hydrogen (secondary N) is 2. The summed E-state index contributed by atoms with van der Waals surface area (Å²) in [6.45, 7) is 9.32. The Kier molecular flexibility index (Phi) is 6.35. The van der Waals surface area contributed by atoms with E-state index in [9.17, 15) is 5.26 Å². The highest BCUT2D eigenvalue weighted by Crippen LogP contribution is 2.24. The van der Waals surface area contributed by atoms with Gasteiger partial charge in [0, 0.05) is 31.5 Å². The van der Waals surface area contributed by atoms with E-state index in [0.29, 0.717) is 5.56 Å². The van der Waals surface area contributed by atoms with Crippen LogP contribution in [0.15, 0.2) is 18.2 Å². The Morgan fingerprint density at radius 1 is 1.23 bits per heavy atom. The van der Waals surface area contributed by atoms with Gasteiger partial charge in [0.2, 0.25) is 0 Å². The molecule has 2 aromatic rings. The second-order valence-corrected chi connectivity index (χ2v) is 8.72. The Labute approximate surface area is 183 Å². The van der Waals surface area contributed by atoms with E-state index < -0.39 is 0 Å². The van der Waals surface area contributed by atoms with Crippen molar-refractivity contribution in [2.45, 2.75) is 39.2 Å². The lowest BCUT2D eigenvalue weighted by Crippen LogP contribution is -2.44. The first-order valence-electron chi connectivity index (χ1n) is 10.8. The summed E-state index contributed by atoms with van der Waals surface area (Å²) in [7, 11) is 0. The van der Waals surface area contributed by atoms with Crippen molar-refractivity contribution in [3.8, 4) is 6.07 Å². The Morgan fingerprint density at radius 3 is 2.87 bits per heavy atom. The molecule has 0 saturated carbocycles. The van der Waals surface area contributed by atoms with Gasteiger partial charge in [0.15, 0.2) is 5.11 Å². The number of fused-ring (bicyclic) bond motifs is 1. The number of ether oxygens (including phenoxy) is 1. The summed E-state index contributed by atoms with van der Waals surface area (Å²) in [6.07, 6.45) is 3.52. The van der Waals surface area contributed by atoms with Crippen LogP contribution < -0.4 is 15.2 Å². The highest BCUT2D eigenvalue weighted by atomic mass is 32.1. The zero-order valence-electron chi connectivity index (χ0n) is 17.8. The molecular formula is C23H30N5OS+. The largest absolute Gasteiger partial charge is 0.376 e. The average molecular weight is 425 g/mol. The molecule has 30 heavy (non-hydrogen) atoms. The van der Waals surface area contributed by atoms with Gasteiger partial charge < -0.3 is 15.0 Å². The molecule has 1 aromatic carbocycles. The summed E-state index contributed by atoms with van der Waals surface area (Å²) >= 11 is 5.65. The van der Waals surface area contributed by atoms with E-state index in [2.05, 4.69) is 52.2 Å². The number of nitriles is 1. The molecule has 2 aliphatic rings. The monoisotopic (exact) mass is 424 g/mol. The number of aromatic amines is 1. The maximum Gasteiger partial charge on any atom is 0.293 e. The number of anilines is 1. The molecule has 4 rings (SSSR count). The molecule has 0 spiro atoms. The number of hydrogen-bond donors (Lipinski definition) is 1. The molecule has 2 fully saturated rings. The number of thiocarbonyl (C=S) groups is 1. The minimum Gasteiger partial charge on any atom is -0.376 e. The van der Waals surface area contributed by atoms with E-state index in [1.54, 1.807) is 0 Å². The fraction of sp³-hybridized carbons (Fsp3) is 0.522. The normalized spacial score (nSPS) is 19.6. The number of aromatic nitrogens is 1. The third kappa shape index (κ3) is 4.50. The van der Waals surface area contributed by atoms with Crippen LogP contribution in [0.5, 0.6) is 0 Å². The molecule has 0 amide bonds. The van der Waals surface area contributed by atoms with Crippen molar-refractivity contribution < 1.29 is 9.72 Å². The van der Waals surface area contributed by atoms with E-state index in [4.69, 9.17) is 17.0 Å². The quantitative estimate of drug-likeness (QED) is 0.765. The van der Waals surface area contributed by atoms with Crippen LogP contribution in [-0.4, -0.2) is 55.4 Å². The van der Waals surface area contributed by atoms with Crippen molar-refractivity contribution in [3.63, 3.8) is 0 Å². The summed E-state index contributed by atoms with van der Waals surface area (Å²) in [5.74, 6) is 0.912. The van der Waals surface area contributed by atoms with Crippen molar-refractivity contribution in [2.24, 2.45) is 0 Å². The molecule has 6 nitrogen and oxygen atoms in total. The number of aryl methyl sites for hydroxylation is 2. The Balaban J connectivity index is 1.48. The van der Waals surface area contributed by atoms with Gasteiger partial charge in [0.1, 0.15) is 23.7 Å². The maximum atomic E-state index is 9.79. The molecule has 0 bridgehead atoms. The van der Waals surface area contributed by atoms with Gasteiger partial charge in [-0.1, -0.05) is 6.07 Å². The summed E-state index contributed by atoms with van der Waals surface area (Å²) in [4.78, 5) is 8.08. The Bertz CT molecular complexity index is 980. The highest BCUT2D eigenvalue weighted by molar-refractivity contribution is 7.80. The van der Waals surface area contributed by atoms with Crippen molar-refractivity contribution in [1.82, 2.24) is 10.2 Å². The Morgan fingerprint density at radius 2 is 2.10 bits per heavy atom. The SMILES string of the molecule is Cc1cc(C)c2cc(C#N)c(N3CCCN(C(=S)NC[C@H]4CCCO4)CC3)[nH+]c2c1. The molecule has 158 valence electrons. The van der Waals surface area contributed by atoms with Crippen LogP contribution in [0.2, 0.25) is 0 Å². The minimum atomic E-state index is 0.281. The van der Waals surface area contributed by atoms with Gasteiger partial charge in [-0.05, 0) is 62.2 Å². The standard InChI is InChI=1S/C23H29N5OS/c1-16-11-17(2)20-13-18(14-24)22(26-21(20)12-16)27-6-4-7-28(9-8-27)23(30)25-15-19-5-3-10-29-19/h11-13,19H,3-10,15H2,1-2H3,(H,25,30)/p+1/t19-/m1/s1. The number of H-pyrrole nitrogens is 1. The van der Waals surface area contributed by atoms with Crippen molar-refractivity contribution in [3.05, 3.63) is 34.9 Å². The van der Waals surface area contributed by atoms with Crippen LogP contribution in [0, 0.1) is 25.2 Å². The van der Waals surface area contributed by atoms with Crippen LogP contribution in [0.3, 0.4) is 0 Å². The first kappa shape index (κ1) is 20.8. The third-order valence-corrected chi connectivity index (χ3v) is 6.46. The van der Waals surface area contributed by atoms with Gasteiger partial charge >= 0.3 is 0 Å². The molecule has 2 aliphatic heterocycles. The molecule has 0 radical (unpaired) electrons. The van der Waals surface area contributed by atoms with Crippen molar-refractivity contribution in [1.29, 1.82) is 5.26 Å². The van der Waals surface area contributed by atoms with Crippen LogP contribution >= 0.6 is 12.2 Å². The maximum absolute atomic E-state index is 9.79. The molecule has 1 aromatic heterocycles. The van der Waals surface area contributed by atoms with Gasteiger partial charge in [-0.25, -0.2) is 4.98 Å². The number of benzene rings is 1. The smallest absolute Gasteiger partial charge is 0.293 e. The third-order valence-electron chi connectivity index (χ3n) is 6.05.